The number of aromatic carboxylic acids is 1. The van der Waals surface area contributed by atoms with Gasteiger partial charge in [-0.15, -0.1) is 0 Å². The summed E-state index contributed by atoms with van der Waals surface area (Å²) in [5.41, 5.74) is 5.22. The van der Waals surface area contributed by atoms with Crippen LogP contribution in [0.4, 0.5) is 10.5 Å². The SMILES string of the molecule is O=C(NC1CC(C(=O)Nc2cccc(C(=O)O)c2)C1)OCC1c2ccccc2-c2ccccc21. The third-order valence-electron chi connectivity index (χ3n) is 6.55. The van der Waals surface area contributed by atoms with E-state index in [9.17, 15) is 14.4 Å². The maximum Gasteiger partial charge on any atom is 0.407 e. The molecule has 3 aromatic rings. The van der Waals surface area contributed by atoms with Crippen LogP contribution < -0.4 is 10.6 Å². The van der Waals surface area contributed by atoms with Crippen molar-refractivity contribution in [3.8, 4) is 11.1 Å². The van der Waals surface area contributed by atoms with E-state index in [0.717, 1.165) is 11.1 Å². The van der Waals surface area contributed by atoms with Crippen molar-refractivity contribution < 1.29 is 24.2 Å². The lowest BCUT2D eigenvalue weighted by atomic mass is 9.79. The maximum atomic E-state index is 12.4. The zero-order valence-corrected chi connectivity index (χ0v) is 18.4. The second-order valence-corrected chi connectivity index (χ2v) is 8.71. The third-order valence-corrected chi connectivity index (χ3v) is 6.55. The molecule has 7 nitrogen and oxygen atoms in total. The molecule has 2 aliphatic rings. The van der Waals surface area contributed by atoms with Crippen LogP contribution in [0.25, 0.3) is 11.1 Å². The molecule has 0 aromatic heterocycles. The van der Waals surface area contributed by atoms with E-state index in [-0.39, 0.29) is 36.0 Å². The van der Waals surface area contributed by atoms with Crippen molar-refractivity contribution in [2.75, 3.05) is 11.9 Å². The van der Waals surface area contributed by atoms with Crippen molar-refractivity contribution in [2.45, 2.75) is 24.8 Å². The highest BCUT2D eigenvalue weighted by molar-refractivity contribution is 5.95. The van der Waals surface area contributed by atoms with Gasteiger partial charge in [0.25, 0.3) is 0 Å². The van der Waals surface area contributed by atoms with Gasteiger partial charge in [0.15, 0.2) is 0 Å². The molecule has 3 aromatic carbocycles. The molecule has 1 fully saturated rings. The number of hydrogen-bond donors (Lipinski definition) is 3. The number of carboxylic acids is 1. The number of anilines is 1. The molecule has 2 amide bonds. The molecule has 0 aliphatic heterocycles. The van der Waals surface area contributed by atoms with E-state index in [4.69, 9.17) is 9.84 Å². The molecule has 0 heterocycles. The Kier molecular flexibility index (Phi) is 5.76. The lowest BCUT2D eigenvalue weighted by molar-refractivity contribution is -0.122. The Bertz CT molecular complexity index is 1220. The second-order valence-electron chi connectivity index (χ2n) is 8.71. The average molecular weight is 456 g/mol. The van der Waals surface area contributed by atoms with Gasteiger partial charge in [-0.3, -0.25) is 4.79 Å². The Hall–Kier alpha value is -4.13. The number of carboxylic acid groups (broad SMARTS) is 1. The van der Waals surface area contributed by atoms with E-state index in [1.807, 2.05) is 24.3 Å². The number of hydrogen-bond acceptors (Lipinski definition) is 4. The Morgan fingerprint density at radius 2 is 1.53 bits per heavy atom. The van der Waals surface area contributed by atoms with Crippen molar-refractivity contribution in [1.29, 1.82) is 0 Å². The fourth-order valence-corrected chi connectivity index (χ4v) is 4.73. The number of benzene rings is 3. The minimum atomic E-state index is -1.05. The van der Waals surface area contributed by atoms with Gasteiger partial charge in [-0.25, -0.2) is 9.59 Å². The fraction of sp³-hybridized carbons (Fsp3) is 0.222. The monoisotopic (exact) mass is 456 g/mol. The van der Waals surface area contributed by atoms with Crippen molar-refractivity contribution in [1.82, 2.24) is 5.32 Å². The van der Waals surface area contributed by atoms with Crippen LogP contribution in [-0.2, 0) is 9.53 Å². The van der Waals surface area contributed by atoms with Crippen LogP contribution in [-0.4, -0.2) is 35.7 Å². The molecule has 0 saturated heterocycles. The van der Waals surface area contributed by atoms with Gasteiger partial charge in [0.1, 0.15) is 6.61 Å². The first-order chi connectivity index (χ1) is 16.5. The lowest BCUT2D eigenvalue weighted by Gasteiger charge is -2.34. The molecular weight excluding hydrogens is 432 g/mol. The number of amides is 2. The second kappa shape index (κ2) is 9.02. The number of nitrogens with one attached hydrogen (secondary N) is 2. The van der Waals surface area contributed by atoms with E-state index in [1.54, 1.807) is 12.1 Å². The first kappa shape index (κ1) is 21.7. The first-order valence-electron chi connectivity index (χ1n) is 11.3. The Balaban J connectivity index is 1.11. The molecule has 7 heteroatoms. The topological polar surface area (TPSA) is 105 Å². The molecule has 0 radical (unpaired) electrons. The number of rotatable bonds is 6. The van der Waals surface area contributed by atoms with Gasteiger partial charge in [-0.2, -0.15) is 0 Å². The van der Waals surface area contributed by atoms with Gasteiger partial charge >= 0.3 is 12.1 Å². The fourth-order valence-electron chi connectivity index (χ4n) is 4.73. The summed E-state index contributed by atoms with van der Waals surface area (Å²) in [6.07, 6.45) is 0.531. The average Bonchev–Trinajstić information content (AvgIpc) is 3.13. The van der Waals surface area contributed by atoms with Crippen molar-refractivity contribution >= 4 is 23.7 Å². The Morgan fingerprint density at radius 3 is 2.18 bits per heavy atom. The summed E-state index contributed by atoms with van der Waals surface area (Å²) in [5, 5.41) is 14.7. The quantitative estimate of drug-likeness (QED) is 0.501. The van der Waals surface area contributed by atoms with Crippen LogP contribution in [0.3, 0.4) is 0 Å². The lowest BCUT2D eigenvalue weighted by Crippen LogP contribution is -2.48. The summed E-state index contributed by atoms with van der Waals surface area (Å²) < 4.78 is 5.57. The van der Waals surface area contributed by atoms with Crippen molar-refractivity contribution in [2.24, 2.45) is 5.92 Å². The predicted molar refractivity (Wildman–Crippen MR) is 127 cm³/mol. The van der Waals surface area contributed by atoms with E-state index >= 15 is 0 Å². The minimum absolute atomic E-state index is 0.000340. The van der Waals surface area contributed by atoms with Gasteiger partial charge in [0, 0.05) is 23.6 Å². The van der Waals surface area contributed by atoms with Crippen LogP contribution in [0.2, 0.25) is 0 Å². The Labute approximate surface area is 196 Å². The van der Waals surface area contributed by atoms with E-state index in [1.165, 1.54) is 23.3 Å². The number of carbonyl (C=O) groups excluding carboxylic acids is 2. The smallest absolute Gasteiger partial charge is 0.407 e. The molecule has 3 N–H and O–H groups in total. The number of carbonyl (C=O) groups is 3. The molecular formula is C27H24N2O5. The highest BCUT2D eigenvalue weighted by Gasteiger charge is 2.36. The summed E-state index contributed by atoms with van der Waals surface area (Å²) in [6.45, 7) is 0.246. The highest BCUT2D eigenvalue weighted by Crippen LogP contribution is 2.44. The van der Waals surface area contributed by atoms with Crippen LogP contribution >= 0.6 is 0 Å². The van der Waals surface area contributed by atoms with E-state index in [0.29, 0.717) is 18.5 Å². The highest BCUT2D eigenvalue weighted by atomic mass is 16.5. The van der Waals surface area contributed by atoms with Gasteiger partial charge in [0.05, 0.1) is 5.56 Å². The molecule has 1 saturated carbocycles. The summed E-state index contributed by atoms with van der Waals surface area (Å²) in [7, 11) is 0. The number of alkyl carbamates (subject to hydrolysis) is 1. The van der Waals surface area contributed by atoms with Crippen LogP contribution in [0.15, 0.2) is 72.8 Å². The third kappa shape index (κ3) is 4.24. The van der Waals surface area contributed by atoms with Crippen molar-refractivity contribution in [3.05, 3.63) is 89.5 Å². The normalized spacial score (nSPS) is 18.2. The zero-order valence-electron chi connectivity index (χ0n) is 18.4. The predicted octanol–water partition coefficient (Wildman–Crippen LogP) is 4.64. The minimum Gasteiger partial charge on any atom is -0.478 e. The standard InChI is InChI=1S/C27H24N2O5/c30-25(28-18-7-5-6-16(12-18)26(31)32)17-13-19(14-17)29-27(33)34-15-24-22-10-3-1-8-20(22)21-9-2-4-11-23(21)24/h1-12,17,19,24H,13-15H2,(H,28,30)(H,29,33)(H,31,32). The van der Waals surface area contributed by atoms with E-state index in [2.05, 4.69) is 34.9 Å². The molecule has 0 spiro atoms. The largest absolute Gasteiger partial charge is 0.478 e. The molecule has 172 valence electrons. The van der Waals surface area contributed by atoms with Crippen molar-refractivity contribution in [3.63, 3.8) is 0 Å². The molecule has 34 heavy (non-hydrogen) atoms. The molecule has 0 atom stereocenters. The van der Waals surface area contributed by atoms with E-state index < -0.39 is 12.1 Å². The summed E-state index contributed by atoms with van der Waals surface area (Å²) >= 11 is 0. The first-order valence-corrected chi connectivity index (χ1v) is 11.3. The molecule has 0 unspecified atom stereocenters. The van der Waals surface area contributed by atoms with Gasteiger partial charge in [0.2, 0.25) is 5.91 Å². The summed E-state index contributed by atoms with van der Waals surface area (Å²) in [5.74, 6) is -1.48. The van der Waals surface area contributed by atoms with Crippen LogP contribution in [0, 0.1) is 5.92 Å². The van der Waals surface area contributed by atoms with Gasteiger partial charge in [-0.05, 0) is 53.3 Å². The van der Waals surface area contributed by atoms with Crippen LogP contribution in [0.1, 0.15) is 40.2 Å². The van der Waals surface area contributed by atoms with Crippen LogP contribution in [0.5, 0.6) is 0 Å². The van der Waals surface area contributed by atoms with Gasteiger partial charge in [-0.1, -0.05) is 54.6 Å². The Morgan fingerprint density at radius 1 is 0.882 bits per heavy atom. The molecule has 5 rings (SSSR count). The number of fused-ring (bicyclic) bond motifs is 3. The molecule has 2 aliphatic carbocycles. The number of ether oxygens (including phenoxy) is 1. The zero-order chi connectivity index (χ0) is 23.7. The maximum absolute atomic E-state index is 12.4. The van der Waals surface area contributed by atoms with Gasteiger partial charge < -0.3 is 20.5 Å². The molecule has 0 bridgehead atoms. The summed E-state index contributed by atoms with van der Waals surface area (Å²) in [4.78, 5) is 35.9. The summed E-state index contributed by atoms with van der Waals surface area (Å²) in [6, 6.07) is 22.3.